The summed E-state index contributed by atoms with van der Waals surface area (Å²) in [5.74, 6) is 1.42. The quantitative estimate of drug-likeness (QED) is 0.794. The second-order valence-corrected chi connectivity index (χ2v) is 7.14. The topological polar surface area (TPSA) is 37.8 Å². The molecule has 102 valence electrons. The lowest BCUT2D eigenvalue weighted by Crippen LogP contribution is -2.07. The summed E-state index contributed by atoms with van der Waals surface area (Å²) in [6, 6.07) is 7.88. The lowest BCUT2D eigenvalue weighted by molar-refractivity contribution is 0.687. The molecular weight excluding hydrogens is 298 g/mol. The van der Waals surface area contributed by atoms with Crippen molar-refractivity contribution in [2.75, 3.05) is 11.9 Å². The molecule has 1 aromatic heterocycles. The molecule has 0 amide bonds. The van der Waals surface area contributed by atoms with E-state index in [9.17, 15) is 0 Å². The summed E-state index contributed by atoms with van der Waals surface area (Å²) in [6.45, 7) is 5.26. The Hall–Kier alpha value is -0.780. The van der Waals surface area contributed by atoms with Crippen molar-refractivity contribution in [2.45, 2.75) is 23.9 Å². The van der Waals surface area contributed by atoms with Gasteiger partial charge in [0.05, 0.1) is 0 Å². The zero-order valence-electron chi connectivity index (χ0n) is 10.9. The minimum absolute atomic E-state index is 0.600. The molecule has 1 heterocycles. The van der Waals surface area contributed by atoms with Crippen LogP contribution in [0.15, 0.2) is 28.6 Å². The fourth-order valence-electron chi connectivity index (χ4n) is 1.39. The van der Waals surface area contributed by atoms with Crippen molar-refractivity contribution in [1.29, 1.82) is 0 Å². The number of nitrogens with one attached hydrogen (secondary N) is 1. The van der Waals surface area contributed by atoms with E-state index in [1.165, 1.54) is 0 Å². The number of anilines is 1. The number of aromatic nitrogens is 2. The number of hydrogen-bond acceptors (Lipinski definition) is 5. The summed E-state index contributed by atoms with van der Waals surface area (Å²) < 4.78 is 0.964. The second-order valence-electron chi connectivity index (χ2n) is 4.53. The Balaban J connectivity index is 1.88. The minimum Gasteiger partial charge on any atom is -0.360 e. The highest BCUT2D eigenvalue weighted by molar-refractivity contribution is 8.00. The van der Waals surface area contributed by atoms with Crippen molar-refractivity contribution in [2.24, 2.45) is 5.92 Å². The normalized spacial score (nSPS) is 10.9. The van der Waals surface area contributed by atoms with Crippen LogP contribution in [0.5, 0.6) is 0 Å². The molecule has 0 radical (unpaired) electrons. The molecular formula is C13H16ClN3S2. The number of benzene rings is 1. The molecule has 3 nitrogen and oxygen atoms in total. The summed E-state index contributed by atoms with van der Waals surface area (Å²) in [7, 11) is 0. The molecule has 2 rings (SSSR count). The van der Waals surface area contributed by atoms with Crippen LogP contribution in [-0.4, -0.2) is 16.7 Å². The third kappa shape index (κ3) is 4.67. The summed E-state index contributed by atoms with van der Waals surface area (Å²) in [5.41, 5.74) is 1.13. The Labute approximate surface area is 126 Å². The van der Waals surface area contributed by atoms with Gasteiger partial charge in [0.2, 0.25) is 5.13 Å². The van der Waals surface area contributed by atoms with E-state index < -0.39 is 0 Å². The molecule has 6 heteroatoms. The van der Waals surface area contributed by atoms with Crippen molar-refractivity contribution in [1.82, 2.24) is 10.2 Å². The molecule has 1 N–H and O–H groups in total. The fraction of sp³-hybridized carbons (Fsp3) is 0.385. The van der Waals surface area contributed by atoms with Crippen LogP contribution in [0.4, 0.5) is 5.13 Å². The summed E-state index contributed by atoms with van der Waals surface area (Å²) in [4.78, 5) is 0. The largest absolute Gasteiger partial charge is 0.360 e. The zero-order chi connectivity index (χ0) is 13.7. The van der Waals surface area contributed by atoms with E-state index in [1.54, 1.807) is 23.1 Å². The Morgan fingerprint density at radius 2 is 2.11 bits per heavy atom. The third-order valence-corrected chi connectivity index (χ3v) is 4.81. The highest BCUT2D eigenvalue weighted by Crippen LogP contribution is 2.30. The Kier molecular flexibility index (Phi) is 5.48. The third-order valence-electron chi connectivity index (χ3n) is 2.38. The van der Waals surface area contributed by atoms with Gasteiger partial charge in [0.25, 0.3) is 0 Å². The van der Waals surface area contributed by atoms with E-state index in [0.717, 1.165) is 32.4 Å². The Morgan fingerprint density at radius 1 is 1.32 bits per heavy atom. The van der Waals surface area contributed by atoms with Gasteiger partial charge in [0, 0.05) is 17.3 Å². The van der Waals surface area contributed by atoms with Crippen LogP contribution in [0.25, 0.3) is 0 Å². The molecule has 0 aliphatic carbocycles. The monoisotopic (exact) mass is 313 g/mol. The Bertz CT molecular complexity index is 528. The fourth-order valence-corrected chi connectivity index (χ4v) is 3.43. The molecule has 2 aromatic rings. The van der Waals surface area contributed by atoms with Gasteiger partial charge in [-0.15, -0.1) is 10.2 Å². The van der Waals surface area contributed by atoms with Crippen LogP contribution in [0, 0.1) is 5.92 Å². The van der Waals surface area contributed by atoms with E-state index in [2.05, 4.69) is 29.4 Å². The summed E-state index contributed by atoms with van der Waals surface area (Å²) in [6.07, 6.45) is 0. The molecule has 0 bridgehead atoms. The number of thioether (sulfide) groups is 1. The maximum atomic E-state index is 6.12. The van der Waals surface area contributed by atoms with E-state index in [4.69, 9.17) is 11.6 Å². The van der Waals surface area contributed by atoms with Crippen LogP contribution in [0.2, 0.25) is 5.02 Å². The first-order valence-corrected chi connectivity index (χ1v) is 8.26. The van der Waals surface area contributed by atoms with Crippen LogP contribution >= 0.6 is 34.7 Å². The molecule has 0 atom stereocenters. The van der Waals surface area contributed by atoms with E-state index in [1.807, 2.05) is 24.3 Å². The number of halogens is 1. The lowest BCUT2D eigenvalue weighted by atomic mass is 10.2. The first kappa shape index (κ1) is 14.6. The van der Waals surface area contributed by atoms with Gasteiger partial charge in [-0.2, -0.15) is 0 Å². The molecule has 19 heavy (non-hydrogen) atoms. The standard InChI is InChI=1S/C13H16ClN3S2/c1-9(2)7-15-12-16-17-13(19-12)18-8-10-5-3-4-6-11(10)14/h3-6,9H,7-8H2,1-2H3,(H,15,16). The van der Waals surface area contributed by atoms with Gasteiger partial charge in [0.15, 0.2) is 4.34 Å². The van der Waals surface area contributed by atoms with Crippen molar-refractivity contribution < 1.29 is 0 Å². The van der Waals surface area contributed by atoms with Gasteiger partial charge >= 0.3 is 0 Å². The van der Waals surface area contributed by atoms with Gasteiger partial charge in [-0.1, -0.05) is 66.7 Å². The molecule has 0 aliphatic rings. The Morgan fingerprint density at radius 3 is 2.84 bits per heavy atom. The molecule has 0 spiro atoms. The van der Waals surface area contributed by atoms with E-state index in [-0.39, 0.29) is 0 Å². The highest BCUT2D eigenvalue weighted by atomic mass is 35.5. The lowest BCUT2D eigenvalue weighted by Gasteiger charge is -2.03. The van der Waals surface area contributed by atoms with Crippen LogP contribution in [-0.2, 0) is 5.75 Å². The minimum atomic E-state index is 0.600. The number of nitrogens with zero attached hydrogens (tertiary/aromatic N) is 2. The maximum absolute atomic E-state index is 6.12. The van der Waals surface area contributed by atoms with Crippen molar-refractivity contribution in [3.8, 4) is 0 Å². The molecule has 1 aromatic carbocycles. The zero-order valence-corrected chi connectivity index (χ0v) is 13.3. The predicted molar refractivity (Wildman–Crippen MR) is 84.2 cm³/mol. The SMILES string of the molecule is CC(C)CNc1nnc(SCc2ccccc2Cl)s1. The predicted octanol–water partition coefficient (Wildman–Crippen LogP) is 4.55. The maximum Gasteiger partial charge on any atom is 0.206 e. The van der Waals surface area contributed by atoms with Crippen LogP contribution in [0.1, 0.15) is 19.4 Å². The summed E-state index contributed by atoms with van der Waals surface area (Å²) in [5, 5.41) is 13.3. The average molecular weight is 314 g/mol. The van der Waals surface area contributed by atoms with Gasteiger partial charge in [-0.25, -0.2) is 0 Å². The van der Waals surface area contributed by atoms with Gasteiger partial charge in [-0.3, -0.25) is 0 Å². The molecule has 0 fully saturated rings. The van der Waals surface area contributed by atoms with Crippen LogP contribution in [0.3, 0.4) is 0 Å². The average Bonchev–Trinajstić information content (AvgIpc) is 2.83. The van der Waals surface area contributed by atoms with Crippen molar-refractivity contribution in [3.05, 3.63) is 34.9 Å². The molecule has 0 saturated carbocycles. The van der Waals surface area contributed by atoms with Crippen LogP contribution < -0.4 is 5.32 Å². The molecule has 0 saturated heterocycles. The highest BCUT2D eigenvalue weighted by Gasteiger charge is 2.06. The van der Waals surface area contributed by atoms with E-state index >= 15 is 0 Å². The molecule has 0 unspecified atom stereocenters. The first-order chi connectivity index (χ1) is 9.15. The smallest absolute Gasteiger partial charge is 0.206 e. The second kappa shape index (κ2) is 7.12. The van der Waals surface area contributed by atoms with Crippen molar-refractivity contribution >= 4 is 39.8 Å². The summed E-state index contributed by atoms with van der Waals surface area (Å²) >= 11 is 9.37. The first-order valence-electron chi connectivity index (χ1n) is 6.08. The van der Waals surface area contributed by atoms with Crippen molar-refractivity contribution in [3.63, 3.8) is 0 Å². The number of rotatable bonds is 6. The van der Waals surface area contributed by atoms with Gasteiger partial charge < -0.3 is 5.32 Å². The molecule has 0 aliphatic heterocycles. The van der Waals surface area contributed by atoms with E-state index in [0.29, 0.717) is 5.92 Å². The number of hydrogen-bond donors (Lipinski definition) is 1. The van der Waals surface area contributed by atoms with Gasteiger partial charge in [0.1, 0.15) is 0 Å². The van der Waals surface area contributed by atoms with Gasteiger partial charge in [-0.05, 0) is 17.5 Å².